The molecule has 0 unspecified atom stereocenters. The van der Waals surface area contributed by atoms with E-state index in [1.165, 1.54) is 51.4 Å². The quantitative estimate of drug-likeness (QED) is 0.536. The molecule has 0 aromatic carbocycles. The van der Waals surface area contributed by atoms with Crippen molar-refractivity contribution in [3.05, 3.63) is 0 Å². The second-order valence-corrected chi connectivity index (χ2v) is 4.84. The lowest BCUT2D eigenvalue weighted by molar-refractivity contribution is 0.197. The lowest BCUT2D eigenvalue weighted by Crippen LogP contribution is -2.21. The van der Waals surface area contributed by atoms with E-state index in [2.05, 4.69) is 6.92 Å². The maximum absolute atomic E-state index is 2.54. The van der Waals surface area contributed by atoms with Crippen LogP contribution in [0.5, 0.6) is 0 Å². The van der Waals surface area contributed by atoms with Crippen molar-refractivity contribution in [2.45, 2.75) is 58.3 Å². The van der Waals surface area contributed by atoms with Gasteiger partial charge < -0.3 is 0 Å². The summed E-state index contributed by atoms with van der Waals surface area (Å²) >= 11 is 0. The SMILES string of the molecule is CC1(C2CCCC2)CCCC1. The van der Waals surface area contributed by atoms with Gasteiger partial charge >= 0.3 is 0 Å². The van der Waals surface area contributed by atoms with E-state index in [0.29, 0.717) is 0 Å². The molecular formula is C11H20. The second kappa shape index (κ2) is 2.80. The molecule has 2 aliphatic carbocycles. The molecule has 2 saturated carbocycles. The van der Waals surface area contributed by atoms with Crippen LogP contribution in [0, 0.1) is 11.3 Å². The first-order valence-corrected chi connectivity index (χ1v) is 5.31. The fourth-order valence-electron chi connectivity index (χ4n) is 3.21. The van der Waals surface area contributed by atoms with Gasteiger partial charge in [-0.25, -0.2) is 0 Å². The standard InChI is InChI=1S/C11H20/c1-11(8-4-5-9-11)10-6-2-3-7-10/h10H,2-9H2,1H3. The van der Waals surface area contributed by atoms with E-state index in [9.17, 15) is 0 Å². The Kier molecular flexibility index (Phi) is 1.95. The van der Waals surface area contributed by atoms with Crippen molar-refractivity contribution in [1.82, 2.24) is 0 Å². The maximum Gasteiger partial charge on any atom is -0.0298 e. The highest BCUT2D eigenvalue weighted by atomic mass is 14.4. The zero-order valence-corrected chi connectivity index (χ0v) is 7.73. The first-order chi connectivity index (χ1) is 5.31. The first-order valence-electron chi connectivity index (χ1n) is 5.31. The molecule has 2 aliphatic rings. The van der Waals surface area contributed by atoms with E-state index in [4.69, 9.17) is 0 Å². The normalized spacial score (nSPS) is 31.4. The van der Waals surface area contributed by atoms with E-state index >= 15 is 0 Å². The summed E-state index contributed by atoms with van der Waals surface area (Å²) in [4.78, 5) is 0. The summed E-state index contributed by atoms with van der Waals surface area (Å²) in [5.74, 6) is 1.10. The Morgan fingerprint density at radius 2 is 1.45 bits per heavy atom. The van der Waals surface area contributed by atoms with E-state index in [0.717, 1.165) is 11.3 Å². The van der Waals surface area contributed by atoms with Crippen molar-refractivity contribution >= 4 is 0 Å². The van der Waals surface area contributed by atoms with Gasteiger partial charge in [0.2, 0.25) is 0 Å². The lowest BCUT2D eigenvalue weighted by atomic mass is 9.75. The van der Waals surface area contributed by atoms with Gasteiger partial charge in [0, 0.05) is 0 Å². The predicted octanol–water partition coefficient (Wildman–Crippen LogP) is 3.76. The van der Waals surface area contributed by atoms with Crippen LogP contribution < -0.4 is 0 Å². The molecule has 2 fully saturated rings. The molecule has 0 amide bonds. The van der Waals surface area contributed by atoms with Gasteiger partial charge in [0.05, 0.1) is 0 Å². The van der Waals surface area contributed by atoms with E-state index in [-0.39, 0.29) is 0 Å². The van der Waals surface area contributed by atoms with Crippen LogP contribution in [0.15, 0.2) is 0 Å². The van der Waals surface area contributed by atoms with E-state index in [1.807, 2.05) is 0 Å². The van der Waals surface area contributed by atoms with E-state index in [1.54, 1.807) is 0 Å². The molecule has 2 rings (SSSR count). The number of hydrogen-bond donors (Lipinski definition) is 0. The third-order valence-corrected chi connectivity index (χ3v) is 4.09. The fourth-order valence-corrected chi connectivity index (χ4v) is 3.21. The van der Waals surface area contributed by atoms with Gasteiger partial charge in [0.1, 0.15) is 0 Å². The Morgan fingerprint density at radius 3 is 2.00 bits per heavy atom. The van der Waals surface area contributed by atoms with Crippen LogP contribution in [0.3, 0.4) is 0 Å². The average molecular weight is 152 g/mol. The van der Waals surface area contributed by atoms with Gasteiger partial charge in [-0.1, -0.05) is 32.6 Å². The van der Waals surface area contributed by atoms with Crippen molar-refractivity contribution in [2.75, 3.05) is 0 Å². The largest absolute Gasteiger partial charge is 0.0594 e. The molecule has 0 aliphatic heterocycles. The highest BCUT2D eigenvalue weighted by molar-refractivity contribution is 4.88. The minimum Gasteiger partial charge on any atom is -0.0594 e. The summed E-state index contributed by atoms with van der Waals surface area (Å²) in [5.41, 5.74) is 0.774. The van der Waals surface area contributed by atoms with Gasteiger partial charge in [-0.3, -0.25) is 0 Å². The van der Waals surface area contributed by atoms with Crippen molar-refractivity contribution in [2.24, 2.45) is 11.3 Å². The Bertz CT molecular complexity index is 125. The molecule has 0 spiro atoms. The summed E-state index contributed by atoms with van der Waals surface area (Å²) in [6.07, 6.45) is 12.2. The summed E-state index contributed by atoms with van der Waals surface area (Å²) in [6.45, 7) is 2.54. The molecule has 0 heterocycles. The highest BCUT2D eigenvalue weighted by Crippen LogP contribution is 2.49. The Hall–Kier alpha value is 0. The molecule has 0 atom stereocenters. The molecule has 11 heavy (non-hydrogen) atoms. The Labute approximate surface area is 70.4 Å². The molecule has 0 heteroatoms. The molecule has 0 bridgehead atoms. The van der Waals surface area contributed by atoms with Crippen molar-refractivity contribution in [3.8, 4) is 0 Å². The van der Waals surface area contributed by atoms with Gasteiger partial charge in [0.15, 0.2) is 0 Å². The molecule has 0 N–H and O–H groups in total. The molecule has 0 saturated heterocycles. The minimum atomic E-state index is 0.774. The van der Waals surface area contributed by atoms with Gasteiger partial charge in [-0.15, -0.1) is 0 Å². The summed E-state index contributed by atoms with van der Waals surface area (Å²) < 4.78 is 0. The zero-order chi connectivity index (χ0) is 7.73. The smallest absolute Gasteiger partial charge is 0.0298 e. The van der Waals surface area contributed by atoms with Crippen molar-refractivity contribution in [3.63, 3.8) is 0 Å². The first kappa shape index (κ1) is 7.64. The average Bonchev–Trinajstić information content (AvgIpc) is 2.55. The second-order valence-electron chi connectivity index (χ2n) is 4.84. The van der Waals surface area contributed by atoms with E-state index < -0.39 is 0 Å². The Balaban J connectivity index is 2.00. The molecular weight excluding hydrogens is 132 g/mol. The highest BCUT2D eigenvalue weighted by Gasteiger charge is 2.37. The summed E-state index contributed by atoms with van der Waals surface area (Å²) in [7, 11) is 0. The Morgan fingerprint density at radius 1 is 0.909 bits per heavy atom. The van der Waals surface area contributed by atoms with Crippen LogP contribution in [0.1, 0.15) is 58.3 Å². The lowest BCUT2D eigenvalue weighted by Gasteiger charge is -2.30. The van der Waals surface area contributed by atoms with Gasteiger partial charge in [0.25, 0.3) is 0 Å². The molecule has 0 nitrogen and oxygen atoms in total. The van der Waals surface area contributed by atoms with Crippen LogP contribution in [0.4, 0.5) is 0 Å². The summed E-state index contributed by atoms with van der Waals surface area (Å²) in [5, 5.41) is 0. The molecule has 0 radical (unpaired) electrons. The van der Waals surface area contributed by atoms with Crippen LogP contribution >= 0.6 is 0 Å². The van der Waals surface area contributed by atoms with Crippen molar-refractivity contribution in [1.29, 1.82) is 0 Å². The van der Waals surface area contributed by atoms with Gasteiger partial charge in [-0.2, -0.15) is 0 Å². The summed E-state index contributed by atoms with van der Waals surface area (Å²) in [6, 6.07) is 0. The van der Waals surface area contributed by atoms with Crippen LogP contribution in [0.2, 0.25) is 0 Å². The van der Waals surface area contributed by atoms with Gasteiger partial charge in [-0.05, 0) is 37.0 Å². The minimum absolute atomic E-state index is 0.774. The maximum atomic E-state index is 2.54. The fraction of sp³-hybridized carbons (Fsp3) is 1.00. The molecule has 64 valence electrons. The zero-order valence-electron chi connectivity index (χ0n) is 7.73. The topological polar surface area (TPSA) is 0 Å². The number of rotatable bonds is 1. The van der Waals surface area contributed by atoms with Crippen LogP contribution in [-0.4, -0.2) is 0 Å². The molecule has 0 aromatic rings. The third kappa shape index (κ3) is 1.32. The van der Waals surface area contributed by atoms with Crippen molar-refractivity contribution < 1.29 is 0 Å². The monoisotopic (exact) mass is 152 g/mol. The van der Waals surface area contributed by atoms with Crippen LogP contribution in [-0.2, 0) is 0 Å². The van der Waals surface area contributed by atoms with Crippen LogP contribution in [0.25, 0.3) is 0 Å². The third-order valence-electron chi connectivity index (χ3n) is 4.09. The predicted molar refractivity (Wildman–Crippen MR) is 48.5 cm³/mol. The molecule has 0 aromatic heterocycles. The number of hydrogen-bond acceptors (Lipinski definition) is 0.